The maximum absolute atomic E-state index is 12.7. The quantitative estimate of drug-likeness (QED) is 0.646. The number of nitrogens with one attached hydrogen (secondary N) is 1. The third-order valence-corrected chi connectivity index (χ3v) is 9.96. The average Bonchev–Trinajstić information content (AvgIpc) is 3.00. The smallest absolute Gasteiger partial charge is 0.252 e. The van der Waals surface area contributed by atoms with Crippen molar-refractivity contribution in [3.8, 4) is 0 Å². The molecule has 1 amide bonds. The molecule has 1 saturated heterocycles. The predicted molar refractivity (Wildman–Crippen MR) is 109 cm³/mol. The van der Waals surface area contributed by atoms with Crippen LogP contribution in [0.25, 0.3) is 0 Å². The van der Waals surface area contributed by atoms with E-state index in [1.807, 2.05) is 30.3 Å². The van der Waals surface area contributed by atoms with E-state index in [2.05, 4.69) is 37.2 Å². The van der Waals surface area contributed by atoms with Crippen LogP contribution in [0.2, 0.25) is 0 Å². The third-order valence-electron chi connectivity index (χ3n) is 4.35. The number of benzene rings is 1. The predicted octanol–water partition coefficient (Wildman–Crippen LogP) is 3.99. The molecule has 1 aliphatic heterocycles. The summed E-state index contributed by atoms with van der Waals surface area (Å²) >= 11 is 7.85. The van der Waals surface area contributed by atoms with Crippen molar-refractivity contribution in [3.63, 3.8) is 0 Å². The summed E-state index contributed by atoms with van der Waals surface area (Å²) in [7, 11) is -3.51. The molecule has 3 rings (SSSR count). The van der Waals surface area contributed by atoms with Crippen LogP contribution in [0.5, 0.6) is 0 Å². The molecule has 0 atom stereocenters. The van der Waals surface area contributed by atoms with Gasteiger partial charge in [0.25, 0.3) is 10.0 Å². The Labute approximate surface area is 174 Å². The van der Waals surface area contributed by atoms with Crippen molar-refractivity contribution in [3.05, 3.63) is 50.2 Å². The minimum Gasteiger partial charge on any atom is -0.352 e. The number of halogens is 2. The number of amides is 1. The van der Waals surface area contributed by atoms with Gasteiger partial charge in [0.1, 0.15) is 4.21 Å². The van der Waals surface area contributed by atoms with Crippen LogP contribution in [0.4, 0.5) is 0 Å². The van der Waals surface area contributed by atoms with Crippen molar-refractivity contribution >= 4 is 59.1 Å². The van der Waals surface area contributed by atoms with Crippen molar-refractivity contribution in [1.82, 2.24) is 9.62 Å². The van der Waals surface area contributed by atoms with Gasteiger partial charge in [-0.15, -0.1) is 11.3 Å². The number of nitrogens with zero attached hydrogens (tertiary/aromatic N) is 1. The van der Waals surface area contributed by atoms with Crippen LogP contribution >= 0.6 is 43.2 Å². The highest BCUT2D eigenvalue weighted by molar-refractivity contribution is 9.13. The zero-order valence-electron chi connectivity index (χ0n) is 13.8. The molecule has 9 heteroatoms. The summed E-state index contributed by atoms with van der Waals surface area (Å²) in [6.45, 7) is 1.22. The summed E-state index contributed by atoms with van der Waals surface area (Å²) < 4.78 is 28.7. The lowest BCUT2D eigenvalue weighted by Crippen LogP contribution is -2.42. The average molecular weight is 522 g/mol. The molecule has 1 fully saturated rings. The van der Waals surface area contributed by atoms with E-state index in [0.29, 0.717) is 36.7 Å². The van der Waals surface area contributed by atoms with E-state index < -0.39 is 10.0 Å². The molecule has 2 heterocycles. The molecule has 1 aromatic heterocycles. The van der Waals surface area contributed by atoms with Crippen LogP contribution in [0.3, 0.4) is 0 Å². The van der Waals surface area contributed by atoms with E-state index in [1.165, 1.54) is 15.6 Å². The number of hydrogen-bond donors (Lipinski definition) is 1. The monoisotopic (exact) mass is 520 g/mol. The molecular formula is C17H18Br2N2O3S2. The number of sulfonamides is 1. The van der Waals surface area contributed by atoms with E-state index in [-0.39, 0.29) is 11.8 Å². The van der Waals surface area contributed by atoms with Crippen LogP contribution < -0.4 is 5.32 Å². The first-order valence-corrected chi connectivity index (χ1v) is 12.0. The van der Waals surface area contributed by atoms with Gasteiger partial charge in [-0.1, -0.05) is 30.3 Å². The molecule has 1 N–H and O–H groups in total. The largest absolute Gasteiger partial charge is 0.352 e. The van der Waals surface area contributed by atoms with Gasteiger partial charge in [-0.3, -0.25) is 4.79 Å². The number of thiophene rings is 1. The molecule has 26 heavy (non-hydrogen) atoms. The highest BCUT2D eigenvalue weighted by Gasteiger charge is 2.33. The normalized spacial score (nSPS) is 16.5. The van der Waals surface area contributed by atoms with Crippen molar-refractivity contribution in [2.45, 2.75) is 23.6 Å². The summed E-state index contributed by atoms with van der Waals surface area (Å²) in [6, 6.07) is 11.4. The molecule has 2 aromatic rings. The Morgan fingerprint density at radius 1 is 1.19 bits per heavy atom. The summed E-state index contributed by atoms with van der Waals surface area (Å²) in [6.07, 6.45) is 1.07. The summed E-state index contributed by atoms with van der Waals surface area (Å²) in [5, 5.41) is 2.95. The second-order valence-corrected chi connectivity index (χ2v) is 11.5. The van der Waals surface area contributed by atoms with Gasteiger partial charge in [-0.2, -0.15) is 4.31 Å². The van der Waals surface area contributed by atoms with Gasteiger partial charge in [-0.05, 0) is 56.3 Å². The Morgan fingerprint density at radius 2 is 1.85 bits per heavy atom. The van der Waals surface area contributed by atoms with E-state index >= 15 is 0 Å². The second-order valence-electron chi connectivity index (χ2n) is 6.07. The van der Waals surface area contributed by atoms with Gasteiger partial charge in [-0.25, -0.2) is 8.42 Å². The van der Waals surface area contributed by atoms with Gasteiger partial charge >= 0.3 is 0 Å². The lowest BCUT2D eigenvalue weighted by molar-refractivity contribution is -0.126. The van der Waals surface area contributed by atoms with Crippen LogP contribution in [0.1, 0.15) is 18.4 Å². The third kappa shape index (κ3) is 4.56. The molecule has 0 bridgehead atoms. The molecule has 5 nitrogen and oxygen atoms in total. The zero-order chi connectivity index (χ0) is 18.7. The maximum atomic E-state index is 12.7. The van der Waals surface area contributed by atoms with Crippen LogP contribution in [0.15, 0.2) is 48.9 Å². The number of rotatable bonds is 5. The second kappa shape index (κ2) is 8.52. The van der Waals surface area contributed by atoms with Gasteiger partial charge in [0, 0.05) is 30.0 Å². The highest BCUT2D eigenvalue weighted by Crippen LogP contribution is 2.37. The van der Waals surface area contributed by atoms with E-state index in [1.54, 1.807) is 6.07 Å². The SMILES string of the molecule is O=C(NCc1ccccc1)C1CCN(S(=O)(=O)c2cc(Br)c(Br)s2)CC1. The fraction of sp³-hybridized carbons (Fsp3) is 0.353. The fourth-order valence-electron chi connectivity index (χ4n) is 2.87. The van der Waals surface area contributed by atoms with Crippen molar-refractivity contribution in [2.75, 3.05) is 13.1 Å². The number of carbonyl (C=O) groups is 1. The number of hydrogen-bond acceptors (Lipinski definition) is 4. The van der Waals surface area contributed by atoms with Gasteiger partial charge in [0.05, 0.1) is 3.79 Å². The lowest BCUT2D eigenvalue weighted by atomic mass is 9.97. The first-order valence-electron chi connectivity index (χ1n) is 8.14. The van der Waals surface area contributed by atoms with Gasteiger partial charge in [0.2, 0.25) is 5.91 Å². The fourth-order valence-corrected chi connectivity index (χ4v) is 7.31. The minimum absolute atomic E-state index is 0.00693. The first-order chi connectivity index (χ1) is 12.4. The zero-order valence-corrected chi connectivity index (χ0v) is 18.6. The van der Waals surface area contributed by atoms with Gasteiger partial charge in [0.15, 0.2) is 0 Å². The Hall–Kier alpha value is -0.740. The molecule has 140 valence electrons. The van der Waals surface area contributed by atoms with Crippen LogP contribution in [-0.2, 0) is 21.4 Å². The Balaban J connectivity index is 1.56. The molecule has 1 aliphatic rings. The summed E-state index contributed by atoms with van der Waals surface area (Å²) in [4.78, 5) is 12.4. The molecule has 0 unspecified atom stereocenters. The molecule has 0 radical (unpaired) electrons. The number of carbonyl (C=O) groups excluding carboxylic acids is 1. The standard InChI is InChI=1S/C17H18Br2N2O3S2/c18-14-10-15(25-16(14)19)26(23,24)21-8-6-13(7-9-21)17(22)20-11-12-4-2-1-3-5-12/h1-5,10,13H,6-9,11H2,(H,20,22). The topological polar surface area (TPSA) is 66.5 Å². The van der Waals surface area contributed by atoms with E-state index in [4.69, 9.17) is 0 Å². The van der Waals surface area contributed by atoms with Crippen molar-refractivity contribution < 1.29 is 13.2 Å². The van der Waals surface area contributed by atoms with Crippen molar-refractivity contribution in [1.29, 1.82) is 0 Å². The summed E-state index contributed by atoms with van der Waals surface area (Å²) in [5.41, 5.74) is 1.05. The molecular weight excluding hydrogens is 504 g/mol. The van der Waals surface area contributed by atoms with Crippen LogP contribution in [0, 0.1) is 5.92 Å². The molecule has 0 aliphatic carbocycles. The first kappa shape index (κ1) is 20.0. The maximum Gasteiger partial charge on any atom is 0.252 e. The molecule has 1 aromatic carbocycles. The summed E-state index contributed by atoms with van der Waals surface area (Å²) in [5.74, 6) is -0.153. The van der Waals surface area contributed by atoms with E-state index in [0.717, 1.165) is 13.8 Å². The number of piperidine rings is 1. The van der Waals surface area contributed by atoms with Crippen molar-refractivity contribution in [2.24, 2.45) is 5.92 Å². The van der Waals surface area contributed by atoms with E-state index in [9.17, 15) is 13.2 Å². The Morgan fingerprint density at radius 3 is 2.42 bits per heavy atom. The molecule has 0 saturated carbocycles. The Bertz CT molecular complexity index is 857. The minimum atomic E-state index is -3.51. The highest BCUT2D eigenvalue weighted by atomic mass is 79.9. The lowest BCUT2D eigenvalue weighted by Gasteiger charge is -2.30. The molecule has 0 spiro atoms. The Kier molecular flexibility index (Phi) is 6.55. The van der Waals surface area contributed by atoms with Crippen LogP contribution in [-0.4, -0.2) is 31.7 Å². The van der Waals surface area contributed by atoms with Gasteiger partial charge < -0.3 is 5.32 Å².